The molecule has 0 spiro atoms. The summed E-state index contributed by atoms with van der Waals surface area (Å²) in [6, 6.07) is 0. The number of nitrogens with zero attached hydrogens (tertiary/aromatic N) is 3. The number of aromatic nitrogens is 2. The van der Waals surface area contributed by atoms with Gasteiger partial charge in [-0.15, -0.1) is 0 Å². The summed E-state index contributed by atoms with van der Waals surface area (Å²) in [7, 11) is 5.92. The van der Waals surface area contributed by atoms with Gasteiger partial charge in [0.2, 0.25) is 5.95 Å². The molecular formula is C14H28N4O. The van der Waals surface area contributed by atoms with Gasteiger partial charge in [0.15, 0.2) is 0 Å². The summed E-state index contributed by atoms with van der Waals surface area (Å²) in [4.78, 5) is 6.76. The van der Waals surface area contributed by atoms with Crippen molar-refractivity contribution in [3.63, 3.8) is 0 Å². The molecule has 0 aromatic carbocycles. The van der Waals surface area contributed by atoms with Crippen molar-refractivity contribution in [2.45, 2.75) is 39.3 Å². The van der Waals surface area contributed by atoms with Crippen LogP contribution in [0, 0.1) is 6.92 Å². The lowest BCUT2D eigenvalue weighted by Gasteiger charge is -2.32. The van der Waals surface area contributed by atoms with Crippen LogP contribution in [0.4, 0.5) is 5.95 Å². The van der Waals surface area contributed by atoms with E-state index in [9.17, 15) is 0 Å². The minimum Gasteiger partial charge on any atom is -0.385 e. The summed E-state index contributed by atoms with van der Waals surface area (Å²) in [6.07, 6.45) is 3.08. The van der Waals surface area contributed by atoms with Crippen LogP contribution >= 0.6 is 0 Å². The van der Waals surface area contributed by atoms with Crippen LogP contribution in [-0.2, 0) is 11.3 Å². The highest BCUT2D eigenvalue weighted by Gasteiger charge is 2.20. The monoisotopic (exact) mass is 268 g/mol. The van der Waals surface area contributed by atoms with Crippen molar-refractivity contribution in [1.29, 1.82) is 0 Å². The molecule has 0 unspecified atom stereocenters. The predicted octanol–water partition coefficient (Wildman–Crippen LogP) is 1.98. The number of nitrogens with one attached hydrogen (secondary N) is 1. The molecule has 0 aliphatic carbocycles. The Morgan fingerprint density at radius 1 is 1.42 bits per heavy atom. The highest BCUT2D eigenvalue weighted by Crippen LogP contribution is 2.14. The van der Waals surface area contributed by atoms with E-state index >= 15 is 0 Å². The lowest BCUT2D eigenvalue weighted by atomic mass is 10.1. The molecule has 0 fully saturated rings. The van der Waals surface area contributed by atoms with Gasteiger partial charge < -0.3 is 19.5 Å². The van der Waals surface area contributed by atoms with Crippen LogP contribution in [0.5, 0.6) is 0 Å². The second kappa shape index (κ2) is 6.91. The zero-order chi connectivity index (χ0) is 14.5. The highest BCUT2D eigenvalue weighted by atomic mass is 16.5. The molecule has 0 radical (unpaired) electrons. The number of hydrogen-bond acceptors (Lipinski definition) is 4. The maximum Gasteiger partial charge on any atom is 0.203 e. The molecule has 0 bridgehead atoms. The van der Waals surface area contributed by atoms with E-state index in [0.29, 0.717) is 0 Å². The maximum absolute atomic E-state index is 5.10. The molecule has 1 heterocycles. The largest absolute Gasteiger partial charge is 0.385 e. The fraction of sp³-hybridized carbons (Fsp3) is 0.786. The van der Waals surface area contributed by atoms with Crippen LogP contribution in [0.1, 0.15) is 26.0 Å². The van der Waals surface area contributed by atoms with Gasteiger partial charge in [-0.2, -0.15) is 0 Å². The number of hydrogen-bond donors (Lipinski definition) is 1. The summed E-state index contributed by atoms with van der Waals surface area (Å²) in [5.74, 6) is 0.948. The first kappa shape index (κ1) is 16.0. The second-order valence-electron chi connectivity index (χ2n) is 5.81. The van der Waals surface area contributed by atoms with Gasteiger partial charge in [-0.1, -0.05) is 0 Å². The SMILES string of the molecule is COCCCn1cc(C)nc1NCC(C)(C)N(C)C. The molecule has 0 saturated heterocycles. The van der Waals surface area contributed by atoms with Crippen molar-refractivity contribution in [3.8, 4) is 0 Å². The van der Waals surface area contributed by atoms with Gasteiger partial charge in [-0.05, 0) is 41.3 Å². The molecule has 1 aromatic rings. The van der Waals surface area contributed by atoms with E-state index in [1.165, 1.54) is 0 Å². The van der Waals surface area contributed by atoms with Crippen molar-refractivity contribution in [2.75, 3.05) is 39.7 Å². The minimum absolute atomic E-state index is 0.0945. The summed E-state index contributed by atoms with van der Waals surface area (Å²) in [5, 5.41) is 3.45. The topological polar surface area (TPSA) is 42.3 Å². The zero-order valence-corrected chi connectivity index (χ0v) is 13.2. The van der Waals surface area contributed by atoms with Gasteiger partial charge >= 0.3 is 0 Å². The smallest absolute Gasteiger partial charge is 0.203 e. The Hall–Kier alpha value is -1.07. The minimum atomic E-state index is 0.0945. The molecule has 5 heteroatoms. The molecule has 0 saturated carbocycles. The fourth-order valence-corrected chi connectivity index (χ4v) is 1.69. The third kappa shape index (κ3) is 4.84. The summed E-state index contributed by atoms with van der Waals surface area (Å²) in [5.41, 5.74) is 1.14. The van der Waals surface area contributed by atoms with E-state index < -0.39 is 0 Å². The molecule has 0 aliphatic heterocycles. The zero-order valence-electron chi connectivity index (χ0n) is 13.2. The molecule has 110 valence electrons. The average molecular weight is 268 g/mol. The Labute approximate surface area is 117 Å². The van der Waals surface area contributed by atoms with E-state index in [1.54, 1.807) is 7.11 Å². The van der Waals surface area contributed by atoms with E-state index in [1.807, 2.05) is 6.92 Å². The Balaban J connectivity index is 2.62. The predicted molar refractivity (Wildman–Crippen MR) is 79.7 cm³/mol. The van der Waals surface area contributed by atoms with Crippen LogP contribution in [0.15, 0.2) is 6.20 Å². The molecule has 1 aromatic heterocycles. The third-order valence-corrected chi connectivity index (χ3v) is 3.53. The molecular weight excluding hydrogens is 240 g/mol. The summed E-state index contributed by atoms with van der Waals surface area (Å²) >= 11 is 0. The van der Waals surface area contributed by atoms with Crippen molar-refractivity contribution in [2.24, 2.45) is 0 Å². The van der Waals surface area contributed by atoms with Gasteiger partial charge in [-0.25, -0.2) is 4.98 Å². The Kier molecular flexibility index (Phi) is 5.82. The number of aryl methyl sites for hydroxylation is 2. The van der Waals surface area contributed by atoms with Crippen LogP contribution in [0.3, 0.4) is 0 Å². The van der Waals surface area contributed by atoms with Crippen LogP contribution in [-0.4, -0.2) is 54.3 Å². The van der Waals surface area contributed by atoms with Crippen molar-refractivity contribution < 1.29 is 4.74 Å². The highest BCUT2D eigenvalue weighted by molar-refractivity contribution is 5.29. The number of likely N-dealkylation sites (N-methyl/N-ethyl adjacent to an activating group) is 1. The second-order valence-corrected chi connectivity index (χ2v) is 5.81. The first-order chi connectivity index (χ1) is 8.86. The van der Waals surface area contributed by atoms with E-state index in [4.69, 9.17) is 4.74 Å². The standard InChI is InChI=1S/C14H28N4O/c1-12-10-18(8-7-9-19-6)13(16-12)15-11-14(2,3)17(4)5/h10H,7-9,11H2,1-6H3,(H,15,16). The molecule has 1 N–H and O–H groups in total. The van der Waals surface area contributed by atoms with Gasteiger partial charge in [0.25, 0.3) is 0 Å². The van der Waals surface area contributed by atoms with Crippen molar-refractivity contribution >= 4 is 5.95 Å². The van der Waals surface area contributed by atoms with Gasteiger partial charge in [-0.3, -0.25) is 0 Å². The van der Waals surface area contributed by atoms with Crippen molar-refractivity contribution in [1.82, 2.24) is 14.5 Å². The average Bonchev–Trinajstić information content (AvgIpc) is 2.67. The summed E-state index contributed by atoms with van der Waals surface area (Å²) in [6.45, 7) is 9.02. The maximum atomic E-state index is 5.10. The third-order valence-electron chi connectivity index (χ3n) is 3.53. The lowest BCUT2D eigenvalue weighted by molar-refractivity contribution is 0.190. The molecule has 0 atom stereocenters. The van der Waals surface area contributed by atoms with Gasteiger partial charge in [0, 0.05) is 38.5 Å². The Bertz CT molecular complexity index is 385. The first-order valence-corrected chi connectivity index (χ1v) is 6.81. The van der Waals surface area contributed by atoms with E-state index in [-0.39, 0.29) is 5.54 Å². The number of ether oxygens (including phenoxy) is 1. The molecule has 19 heavy (non-hydrogen) atoms. The van der Waals surface area contributed by atoms with Crippen LogP contribution in [0.2, 0.25) is 0 Å². The number of anilines is 1. The lowest BCUT2D eigenvalue weighted by Crippen LogP contribution is -2.44. The Morgan fingerprint density at radius 2 is 2.11 bits per heavy atom. The molecule has 1 rings (SSSR count). The van der Waals surface area contributed by atoms with Gasteiger partial charge in [0.05, 0.1) is 5.69 Å². The molecule has 0 aliphatic rings. The van der Waals surface area contributed by atoms with Crippen molar-refractivity contribution in [3.05, 3.63) is 11.9 Å². The first-order valence-electron chi connectivity index (χ1n) is 6.81. The number of imidazole rings is 1. The fourth-order valence-electron chi connectivity index (χ4n) is 1.69. The molecule has 0 amide bonds. The number of methoxy groups -OCH3 is 1. The Morgan fingerprint density at radius 3 is 2.68 bits per heavy atom. The van der Waals surface area contributed by atoms with Gasteiger partial charge in [0.1, 0.15) is 0 Å². The summed E-state index contributed by atoms with van der Waals surface area (Å²) < 4.78 is 7.26. The number of rotatable bonds is 8. The van der Waals surface area contributed by atoms with E-state index in [0.717, 1.165) is 37.8 Å². The molecule has 5 nitrogen and oxygen atoms in total. The van der Waals surface area contributed by atoms with Crippen LogP contribution < -0.4 is 5.32 Å². The quantitative estimate of drug-likeness (QED) is 0.732. The normalized spacial score (nSPS) is 12.2. The van der Waals surface area contributed by atoms with Crippen LogP contribution in [0.25, 0.3) is 0 Å². The van der Waals surface area contributed by atoms with E-state index in [2.05, 4.69) is 53.9 Å².